The Kier molecular flexibility index (Phi) is 2.56. The van der Waals surface area contributed by atoms with Crippen LogP contribution in [0.5, 0.6) is 11.5 Å². The number of rotatable bonds is 2. The summed E-state index contributed by atoms with van der Waals surface area (Å²) in [5.74, 6) is 0.712. The molecule has 0 unspecified atom stereocenters. The Balaban J connectivity index is 2.66. The maximum atomic E-state index is 9.88. The van der Waals surface area contributed by atoms with Crippen molar-refractivity contribution in [1.29, 1.82) is 0 Å². The molecule has 0 fully saturated rings. The van der Waals surface area contributed by atoms with Crippen LogP contribution in [0, 0.1) is 0 Å². The first kappa shape index (κ1) is 9.68. The molecule has 0 saturated carbocycles. The van der Waals surface area contributed by atoms with Crippen LogP contribution in [0.2, 0.25) is 0 Å². The van der Waals surface area contributed by atoms with E-state index in [1.54, 1.807) is 17.4 Å². The number of aromatic hydroxyl groups is 1. The Hall–Kier alpha value is -0.870. The highest BCUT2D eigenvalue weighted by atomic mass is 32.1. The largest absolute Gasteiger partial charge is 0.504 e. The van der Waals surface area contributed by atoms with Gasteiger partial charge in [-0.25, -0.2) is 0 Å². The Morgan fingerprint density at radius 1 is 1.50 bits per heavy atom. The van der Waals surface area contributed by atoms with Gasteiger partial charge < -0.3 is 9.84 Å². The lowest BCUT2D eigenvalue weighted by molar-refractivity contribution is 0.320. The summed E-state index contributed by atoms with van der Waals surface area (Å²) >= 11 is 5.84. The molecule has 0 spiro atoms. The summed E-state index contributed by atoms with van der Waals surface area (Å²) in [6.07, 6.45) is 0. The fraction of sp³-hybridized carbons (Fsp3) is 0.200. The normalized spacial score (nSPS) is 10.7. The Morgan fingerprint density at radius 2 is 2.29 bits per heavy atom. The van der Waals surface area contributed by atoms with Crippen molar-refractivity contribution in [1.82, 2.24) is 0 Å². The molecule has 0 bridgehead atoms. The van der Waals surface area contributed by atoms with Crippen LogP contribution < -0.4 is 4.74 Å². The second-order valence-corrected chi connectivity index (χ2v) is 4.23. The molecule has 4 heteroatoms. The van der Waals surface area contributed by atoms with Crippen molar-refractivity contribution in [3.05, 3.63) is 17.5 Å². The average molecular weight is 226 g/mol. The number of phenols is 1. The molecule has 1 N–H and O–H groups in total. The van der Waals surface area contributed by atoms with Crippen LogP contribution in [0.15, 0.2) is 22.4 Å². The van der Waals surface area contributed by atoms with Gasteiger partial charge in [-0.2, -0.15) is 0 Å². The van der Waals surface area contributed by atoms with E-state index >= 15 is 0 Å². The Morgan fingerprint density at radius 3 is 3.00 bits per heavy atom. The molecule has 0 radical (unpaired) electrons. The fourth-order valence-electron chi connectivity index (χ4n) is 1.35. The van der Waals surface area contributed by atoms with Gasteiger partial charge in [0.05, 0.1) is 12.0 Å². The van der Waals surface area contributed by atoms with Gasteiger partial charge in [0.2, 0.25) is 0 Å². The Labute approximate surface area is 91.5 Å². The molecule has 0 aliphatic heterocycles. The van der Waals surface area contributed by atoms with Crippen LogP contribution in [0.25, 0.3) is 10.1 Å². The molecule has 0 atom stereocenters. The summed E-state index contributed by atoms with van der Waals surface area (Å²) in [4.78, 5) is 0.795. The lowest BCUT2D eigenvalue weighted by Crippen LogP contribution is -1.91. The minimum absolute atomic E-state index is 0.190. The first-order valence-corrected chi connectivity index (χ1v) is 5.61. The molecule has 0 saturated heterocycles. The van der Waals surface area contributed by atoms with Crippen LogP contribution in [0.3, 0.4) is 0 Å². The predicted molar refractivity (Wildman–Crippen MR) is 61.9 cm³/mol. The zero-order valence-corrected chi connectivity index (χ0v) is 9.36. The van der Waals surface area contributed by atoms with Gasteiger partial charge in [0.1, 0.15) is 0 Å². The van der Waals surface area contributed by atoms with E-state index in [2.05, 4.69) is 12.6 Å². The van der Waals surface area contributed by atoms with Crippen molar-refractivity contribution < 1.29 is 9.84 Å². The number of fused-ring (bicyclic) bond motifs is 1. The highest BCUT2D eigenvalue weighted by Gasteiger charge is 2.10. The van der Waals surface area contributed by atoms with E-state index in [0.717, 1.165) is 15.0 Å². The maximum absolute atomic E-state index is 9.88. The first-order valence-electron chi connectivity index (χ1n) is 4.29. The smallest absolute Gasteiger partial charge is 0.167 e. The van der Waals surface area contributed by atoms with E-state index in [1.807, 2.05) is 18.4 Å². The van der Waals surface area contributed by atoms with Gasteiger partial charge >= 0.3 is 0 Å². The number of benzene rings is 1. The van der Waals surface area contributed by atoms with Crippen molar-refractivity contribution >= 4 is 34.1 Å². The second-order valence-electron chi connectivity index (χ2n) is 2.84. The first-order chi connectivity index (χ1) is 6.74. The van der Waals surface area contributed by atoms with Crippen LogP contribution in [-0.2, 0) is 0 Å². The maximum Gasteiger partial charge on any atom is 0.167 e. The minimum Gasteiger partial charge on any atom is -0.504 e. The monoisotopic (exact) mass is 226 g/mol. The quantitative estimate of drug-likeness (QED) is 0.769. The van der Waals surface area contributed by atoms with Crippen LogP contribution in [0.1, 0.15) is 6.92 Å². The van der Waals surface area contributed by atoms with E-state index in [0.29, 0.717) is 12.4 Å². The standard InChI is InChI=1S/C10H10O2S2/c1-2-12-6-3-4-8-9(10(6)11)7(13)5-14-8/h3-5,11,13H,2H2,1H3. The molecule has 74 valence electrons. The molecule has 2 aromatic rings. The van der Waals surface area contributed by atoms with Crippen molar-refractivity contribution in [3.63, 3.8) is 0 Å². The van der Waals surface area contributed by atoms with Crippen molar-refractivity contribution in [2.45, 2.75) is 11.8 Å². The van der Waals surface area contributed by atoms with E-state index in [4.69, 9.17) is 4.74 Å². The predicted octanol–water partition coefficient (Wildman–Crippen LogP) is 3.29. The molecular weight excluding hydrogens is 216 g/mol. The molecule has 0 amide bonds. The SMILES string of the molecule is CCOc1ccc2scc(S)c2c1O. The van der Waals surface area contributed by atoms with Crippen molar-refractivity contribution in [2.75, 3.05) is 6.61 Å². The highest BCUT2D eigenvalue weighted by molar-refractivity contribution is 7.80. The third kappa shape index (κ3) is 1.44. The molecule has 14 heavy (non-hydrogen) atoms. The number of thiol groups is 1. The zero-order chi connectivity index (χ0) is 10.1. The van der Waals surface area contributed by atoms with Gasteiger partial charge in [0.25, 0.3) is 0 Å². The molecule has 0 aliphatic rings. The number of thiophene rings is 1. The lowest BCUT2D eigenvalue weighted by Gasteiger charge is -2.06. The highest BCUT2D eigenvalue weighted by Crippen LogP contribution is 2.40. The van der Waals surface area contributed by atoms with Gasteiger partial charge in [-0.1, -0.05) is 0 Å². The topological polar surface area (TPSA) is 29.5 Å². The van der Waals surface area contributed by atoms with Gasteiger partial charge in [-0.05, 0) is 19.1 Å². The third-order valence-corrected chi connectivity index (χ3v) is 3.43. The molecule has 2 rings (SSSR count). The van der Waals surface area contributed by atoms with Gasteiger partial charge in [0, 0.05) is 15.0 Å². The van der Waals surface area contributed by atoms with Crippen molar-refractivity contribution in [2.24, 2.45) is 0 Å². The van der Waals surface area contributed by atoms with Crippen molar-refractivity contribution in [3.8, 4) is 11.5 Å². The summed E-state index contributed by atoms with van der Waals surface area (Å²) in [6.45, 7) is 2.43. The van der Waals surface area contributed by atoms with Gasteiger partial charge in [0.15, 0.2) is 11.5 Å². The van der Waals surface area contributed by atoms with E-state index in [-0.39, 0.29) is 5.75 Å². The fourth-order valence-corrected chi connectivity index (χ4v) is 2.64. The summed E-state index contributed by atoms with van der Waals surface area (Å²) in [7, 11) is 0. The second kappa shape index (κ2) is 3.71. The third-order valence-electron chi connectivity index (χ3n) is 1.96. The Bertz CT molecular complexity index is 462. The number of phenolic OH excluding ortho intramolecular Hbond substituents is 1. The number of ether oxygens (including phenoxy) is 1. The summed E-state index contributed by atoms with van der Waals surface area (Å²) in [5.41, 5.74) is 0. The van der Waals surface area contributed by atoms with E-state index in [1.165, 1.54) is 0 Å². The van der Waals surface area contributed by atoms with E-state index in [9.17, 15) is 5.11 Å². The molecule has 1 aromatic carbocycles. The summed E-state index contributed by atoms with van der Waals surface area (Å²) in [6, 6.07) is 3.72. The van der Waals surface area contributed by atoms with Crippen LogP contribution in [0.4, 0.5) is 0 Å². The summed E-state index contributed by atoms with van der Waals surface area (Å²) < 4.78 is 6.31. The van der Waals surface area contributed by atoms with Gasteiger partial charge in [-0.15, -0.1) is 24.0 Å². The zero-order valence-electron chi connectivity index (χ0n) is 7.65. The van der Waals surface area contributed by atoms with Gasteiger partial charge in [-0.3, -0.25) is 0 Å². The number of hydrogen-bond donors (Lipinski definition) is 2. The molecule has 0 aliphatic carbocycles. The molecular formula is C10H10O2S2. The van der Waals surface area contributed by atoms with E-state index < -0.39 is 0 Å². The minimum atomic E-state index is 0.190. The molecule has 1 heterocycles. The summed E-state index contributed by atoms with van der Waals surface area (Å²) in [5, 5.41) is 12.6. The number of hydrogen-bond acceptors (Lipinski definition) is 4. The van der Waals surface area contributed by atoms with Crippen LogP contribution >= 0.6 is 24.0 Å². The molecule has 1 aromatic heterocycles. The molecule has 2 nitrogen and oxygen atoms in total. The lowest BCUT2D eigenvalue weighted by atomic mass is 10.2. The van der Waals surface area contributed by atoms with Crippen LogP contribution in [-0.4, -0.2) is 11.7 Å². The average Bonchev–Trinajstić information content (AvgIpc) is 2.54.